The summed E-state index contributed by atoms with van der Waals surface area (Å²) >= 11 is 5.58. The SMILES string of the molecule is Cc1ccccc1NC(=S)N/N=C/C1C2C3CC[C@H]([C@H](C)CCCC(C)C)[C@@]3(C)CCC2[C@@]2(C)CC[C@H](O)C[C@@]12O. The molecular weight excluding hydrogens is 526 g/mol. The second-order valence-corrected chi connectivity index (χ2v) is 15.7. The van der Waals surface area contributed by atoms with E-state index in [-0.39, 0.29) is 11.3 Å². The number of nitrogens with zero attached hydrogens (tertiary/aromatic N) is 1. The number of thiocarbonyl (C=S) groups is 1. The Morgan fingerprint density at radius 1 is 1.07 bits per heavy atom. The van der Waals surface area contributed by atoms with Gasteiger partial charge in [-0.25, -0.2) is 0 Å². The van der Waals surface area contributed by atoms with Crippen molar-refractivity contribution < 1.29 is 10.2 Å². The minimum Gasteiger partial charge on any atom is -0.393 e. The molecule has 0 radical (unpaired) electrons. The molecule has 41 heavy (non-hydrogen) atoms. The predicted octanol–water partition coefficient (Wildman–Crippen LogP) is 7.70. The first-order valence-corrected chi connectivity index (χ1v) is 16.9. The maximum atomic E-state index is 12.6. The minimum atomic E-state index is -0.956. The Kier molecular flexibility index (Phi) is 8.97. The summed E-state index contributed by atoms with van der Waals surface area (Å²) in [5, 5.41) is 31.8. The van der Waals surface area contributed by atoms with Crippen LogP contribution < -0.4 is 10.7 Å². The van der Waals surface area contributed by atoms with Crippen LogP contribution in [-0.2, 0) is 0 Å². The summed E-state index contributed by atoms with van der Waals surface area (Å²) in [4.78, 5) is 0. The topological polar surface area (TPSA) is 76.9 Å². The van der Waals surface area contributed by atoms with Crippen LogP contribution in [0.4, 0.5) is 5.69 Å². The van der Waals surface area contributed by atoms with E-state index in [4.69, 9.17) is 17.3 Å². The molecule has 0 aliphatic heterocycles. The van der Waals surface area contributed by atoms with Crippen molar-refractivity contribution in [3.63, 3.8) is 0 Å². The van der Waals surface area contributed by atoms with E-state index in [0.29, 0.717) is 34.7 Å². The molecule has 0 saturated heterocycles. The lowest BCUT2D eigenvalue weighted by Gasteiger charge is -2.52. The lowest BCUT2D eigenvalue weighted by Crippen LogP contribution is -2.54. The van der Waals surface area contributed by atoms with Crippen molar-refractivity contribution in [3.05, 3.63) is 29.8 Å². The average Bonchev–Trinajstić information content (AvgIpc) is 3.35. The molecule has 5 rings (SSSR count). The van der Waals surface area contributed by atoms with E-state index >= 15 is 0 Å². The van der Waals surface area contributed by atoms with Crippen molar-refractivity contribution >= 4 is 29.2 Å². The zero-order valence-electron chi connectivity index (χ0n) is 26.3. The van der Waals surface area contributed by atoms with E-state index in [1.807, 2.05) is 24.4 Å². The number of fused-ring (bicyclic) bond motifs is 5. The second kappa shape index (κ2) is 11.9. The third-order valence-corrected chi connectivity index (χ3v) is 12.8. The second-order valence-electron chi connectivity index (χ2n) is 15.2. The van der Waals surface area contributed by atoms with Gasteiger partial charge in [0.15, 0.2) is 5.11 Å². The van der Waals surface area contributed by atoms with Crippen LogP contribution >= 0.6 is 12.2 Å². The monoisotopic (exact) mass is 581 g/mol. The van der Waals surface area contributed by atoms with Crippen molar-refractivity contribution in [1.82, 2.24) is 5.43 Å². The third-order valence-electron chi connectivity index (χ3n) is 12.6. The van der Waals surface area contributed by atoms with Crippen LogP contribution in [0.1, 0.15) is 104 Å². The minimum absolute atomic E-state index is 0.0965. The molecule has 4 fully saturated rings. The first-order chi connectivity index (χ1) is 19.4. The van der Waals surface area contributed by atoms with E-state index in [0.717, 1.165) is 41.8 Å². The van der Waals surface area contributed by atoms with Crippen molar-refractivity contribution in [2.75, 3.05) is 5.32 Å². The van der Waals surface area contributed by atoms with Gasteiger partial charge in [0.05, 0.1) is 11.7 Å². The van der Waals surface area contributed by atoms with Crippen LogP contribution in [0, 0.1) is 59.2 Å². The molecule has 10 atom stereocenters. The van der Waals surface area contributed by atoms with Gasteiger partial charge in [0.2, 0.25) is 0 Å². The number of benzene rings is 1. The number of nitrogens with one attached hydrogen (secondary N) is 2. The van der Waals surface area contributed by atoms with Crippen molar-refractivity contribution in [2.24, 2.45) is 57.4 Å². The Labute approximate surface area is 254 Å². The van der Waals surface area contributed by atoms with E-state index in [2.05, 4.69) is 58.4 Å². The van der Waals surface area contributed by atoms with E-state index < -0.39 is 11.7 Å². The van der Waals surface area contributed by atoms with Crippen LogP contribution in [0.25, 0.3) is 0 Å². The van der Waals surface area contributed by atoms with Crippen LogP contribution in [0.5, 0.6) is 0 Å². The first-order valence-electron chi connectivity index (χ1n) is 16.5. The first kappa shape index (κ1) is 30.9. The average molecular weight is 582 g/mol. The highest BCUT2D eigenvalue weighted by Crippen LogP contribution is 2.72. The summed E-state index contributed by atoms with van der Waals surface area (Å²) in [6.07, 6.45) is 12.6. The van der Waals surface area contributed by atoms with Crippen LogP contribution in [0.3, 0.4) is 0 Å². The maximum Gasteiger partial charge on any atom is 0.191 e. The van der Waals surface area contributed by atoms with Gasteiger partial charge in [0.25, 0.3) is 0 Å². The highest BCUT2D eigenvalue weighted by atomic mass is 32.1. The lowest BCUT2D eigenvalue weighted by molar-refractivity contribution is -0.141. The Morgan fingerprint density at radius 2 is 1.83 bits per heavy atom. The van der Waals surface area contributed by atoms with E-state index in [1.165, 1.54) is 44.9 Å². The summed E-state index contributed by atoms with van der Waals surface area (Å²) < 4.78 is 0. The normalized spacial score (nSPS) is 40.7. The van der Waals surface area contributed by atoms with Crippen LogP contribution in [-0.4, -0.2) is 33.2 Å². The number of para-hydroxylation sites is 1. The summed E-state index contributed by atoms with van der Waals surface area (Å²) in [7, 11) is 0. The molecule has 1 aromatic carbocycles. The Morgan fingerprint density at radius 3 is 2.56 bits per heavy atom. The van der Waals surface area contributed by atoms with Gasteiger partial charge in [-0.2, -0.15) is 5.10 Å². The summed E-state index contributed by atoms with van der Waals surface area (Å²) in [6, 6.07) is 8.07. The lowest BCUT2D eigenvalue weighted by atomic mass is 9.53. The fraction of sp³-hybridized carbons (Fsp3) is 0.771. The molecular formula is C35H55N3O2S. The number of hydrazone groups is 1. The van der Waals surface area contributed by atoms with Crippen LogP contribution in [0.2, 0.25) is 0 Å². The van der Waals surface area contributed by atoms with Gasteiger partial charge in [-0.1, -0.05) is 72.1 Å². The van der Waals surface area contributed by atoms with Crippen molar-refractivity contribution in [1.29, 1.82) is 0 Å². The molecule has 4 unspecified atom stereocenters. The fourth-order valence-corrected chi connectivity index (χ4v) is 10.6. The number of aliphatic hydroxyl groups excluding tert-OH is 1. The van der Waals surface area contributed by atoms with Gasteiger partial charge in [-0.05, 0) is 110 Å². The molecule has 6 heteroatoms. The van der Waals surface area contributed by atoms with Gasteiger partial charge >= 0.3 is 0 Å². The zero-order chi connectivity index (χ0) is 29.6. The largest absolute Gasteiger partial charge is 0.393 e. The van der Waals surface area contributed by atoms with Gasteiger partial charge in [0, 0.05) is 29.7 Å². The maximum absolute atomic E-state index is 12.6. The molecule has 0 aromatic heterocycles. The number of rotatable bonds is 8. The van der Waals surface area contributed by atoms with Gasteiger partial charge in [0.1, 0.15) is 0 Å². The Bertz CT molecular complexity index is 1120. The molecule has 5 nitrogen and oxygen atoms in total. The Hall–Kier alpha value is -1.50. The molecule has 0 heterocycles. The van der Waals surface area contributed by atoms with Gasteiger partial charge in [-0.15, -0.1) is 0 Å². The number of anilines is 1. The van der Waals surface area contributed by atoms with Gasteiger partial charge < -0.3 is 15.5 Å². The standard InChI is InChI=1S/C35H55N3O2S/c1-22(2)10-9-12-23(3)26-14-15-27-31-28(17-18-33(26,27)5)34(6)19-16-25(39)20-35(34,40)29(31)21-36-38-32(41)37-30-13-8-7-11-24(30)4/h7-8,11,13,21-23,25-29,31,39-40H,9-10,12,14-20H2,1-6H3,(H2,37,38,41)/b36-21+/t23-,25+,26-,27?,28?,29?,31?,33-,34-,35-/m1/s1. The molecule has 4 saturated carbocycles. The number of aryl methyl sites for hydroxylation is 1. The van der Waals surface area contributed by atoms with Gasteiger partial charge in [-0.3, -0.25) is 5.43 Å². The molecule has 228 valence electrons. The highest BCUT2D eigenvalue weighted by Gasteiger charge is 2.71. The van der Waals surface area contributed by atoms with E-state index in [9.17, 15) is 10.2 Å². The number of hydrogen-bond acceptors (Lipinski definition) is 4. The summed E-state index contributed by atoms with van der Waals surface area (Å²) in [5.74, 6) is 3.58. The predicted molar refractivity (Wildman–Crippen MR) is 174 cm³/mol. The molecule has 4 aliphatic rings. The van der Waals surface area contributed by atoms with E-state index in [1.54, 1.807) is 0 Å². The molecule has 0 spiro atoms. The third kappa shape index (κ3) is 5.51. The molecule has 1 aromatic rings. The number of aliphatic hydroxyl groups is 2. The van der Waals surface area contributed by atoms with Crippen molar-refractivity contribution in [3.8, 4) is 0 Å². The zero-order valence-corrected chi connectivity index (χ0v) is 27.1. The smallest absolute Gasteiger partial charge is 0.191 e. The molecule has 4 aliphatic carbocycles. The number of hydrogen-bond donors (Lipinski definition) is 4. The molecule has 0 amide bonds. The Balaban J connectivity index is 1.39. The highest BCUT2D eigenvalue weighted by molar-refractivity contribution is 7.80. The van der Waals surface area contributed by atoms with Crippen LogP contribution in [0.15, 0.2) is 29.4 Å². The quantitative estimate of drug-likeness (QED) is 0.144. The fourth-order valence-electron chi connectivity index (χ4n) is 10.4. The molecule has 4 N–H and O–H groups in total. The summed E-state index contributed by atoms with van der Waals surface area (Å²) in [6.45, 7) is 14.1. The van der Waals surface area contributed by atoms with Crippen molar-refractivity contribution in [2.45, 2.75) is 117 Å². The summed E-state index contributed by atoms with van der Waals surface area (Å²) in [5.41, 5.74) is 4.30. The molecule has 0 bridgehead atoms.